The van der Waals surface area contributed by atoms with E-state index in [4.69, 9.17) is 11.6 Å². The topological polar surface area (TPSA) is 61.4 Å². The molecule has 0 aliphatic carbocycles. The van der Waals surface area contributed by atoms with E-state index < -0.39 is 10.0 Å². The number of halogens is 2. The predicted octanol–water partition coefficient (Wildman–Crippen LogP) is 1.75. The fourth-order valence-corrected chi connectivity index (χ4v) is 3.56. The molecule has 8 heteroatoms. The van der Waals surface area contributed by atoms with Gasteiger partial charge in [0.2, 0.25) is 10.0 Å². The molecular formula is C12H17BrClN3O2S. The van der Waals surface area contributed by atoms with Crippen LogP contribution >= 0.6 is 27.5 Å². The molecule has 0 bridgehead atoms. The van der Waals surface area contributed by atoms with E-state index in [2.05, 4.69) is 30.9 Å². The van der Waals surface area contributed by atoms with Crippen LogP contribution in [0.3, 0.4) is 0 Å². The zero-order valence-electron chi connectivity index (χ0n) is 10.9. The Hall–Kier alpha value is -0.340. The van der Waals surface area contributed by atoms with Gasteiger partial charge in [-0.3, -0.25) is 9.62 Å². The number of benzene rings is 1. The Morgan fingerprint density at radius 3 is 2.70 bits per heavy atom. The zero-order valence-corrected chi connectivity index (χ0v) is 14.1. The molecule has 5 nitrogen and oxygen atoms in total. The lowest BCUT2D eigenvalue weighted by molar-refractivity contribution is 0.254. The fraction of sp³-hybridized carbons (Fsp3) is 0.500. The van der Waals surface area contributed by atoms with Crippen LogP contribution in [-0.4, -0.2) is 51.8 Å². The Bertz CT molecular complexity index is 562. The number of sulfonamides is 1. The molecule has 1 aromatic rings. The molecule has 112 valence electrons. The van der Waals surface area contributed by atoms with Crippen LogP contribution in [0, 0.1) is 0 Å². The van der Waals surface area contributed by atoms with E-state index in [0.717, 1.165) is 26.2 Å². The molecule has 1 aromatic carbocycles. The zero-order chi connectivity index (χ0) is 14.6. The van der Waals surface area contributed by atoms with Crippen molar-refractivity contribution in [3.05, 3.63) is 27.7 Å². The number of piperazine rings is 1. The second-order valence-electron chi connectivity index (χ2n) is 4.64. The van der Waals surface area contributed by atoms with E-state index in [-0.39, 0.29) is 5.75 Å². The maximum atomic E-state index is 12.0. The summed E-state index contributed by atoms with van der Waals surface area (Å²) in [6, 6.07) is 4.96. The van der Waals surface area contributed by atoms with Crippen LogP contribution in [0.15, 0.2) is 22.7 Å². The molecule has 0 atom stereocenters. The van der Waals surface area contributed by atoms with E-state index in [0.29, 0.717) is 21.7 Å². The van der Waals surface area contributed by atoms with E-state index in [1.165, 1.54) is 0 Å². The molecule has 0 spiro atoms. The lowest BCUT2D eigenvalue weighted by atomic mass is 10.3. The number of rotatable bonds is 5. The first-order valence-corrected chi connectivity index (χ1v) is 9.17. The molecule has 1 heterocycles. The third-order valence-electron chi connectivity index (χ3n) is 3.08. The molecule has 2 N–H and O–H groups in total. The lowest BCUT2D eigenvalue weighted by Crippen LogP contribution is -2.45. The van der Waals surface area contributed by atoms with E-state index >= 15 is 0 Å². The summed E-state index contributed by atoms with van der Waals surface area (Å²) in [6.07, 6.45) is 0. The van der Waals surface area contributed by atoms with Gasteiger partial charge >= 0.3 is 0 Å². The van der Waals surface area contributed by atoms with Gasteiger partial charge in [-0.2, -0.15) is 0 Å². The summed E-state index contributed by atoms with van der Waals surface area (Å²) in [5.41, 5.74) is 0.515. The minimum absolute atomic E-state index is 0.0905. The van der Waals surface area contributed by atoms with Crippen LogP contribution in [-0.2, 0) is 10.0 Å². The first kappa shape index (κ1) is 16.0. The number of nitrogens with zero attached hydrogens (tertiary/aromatic N) is 1. The van der Waals surface area contributed by atoms with Crippen molar-refractivity contribution < 1.29 is 8.42 Å². The average molecular weight is 383 g/mol. The first-order valence-electron chi connectivity index (χ1n) is 6.35. The Balaban J connectivity index is 1.91. The molecule has 0 aromatic heterocycles. The molecule has 0 saturated carbocycles. The van der Waals surface area contributed by atoms with E-state index in [1.54, 1.807) is 18.2 Å². The Kier molecular flexibility index (Phi) is 5.68. The maximum absolute atomic E-state index is 12.0. The minimum atomic E-state index is -3.34. The van der Waals surface area contributed by atoms with Crippen molar-refractivity contribution in [2.24, 2.45) is 0 Å². The molecule has 0 unspecified atom stereocenters. The highest BCUT2D eigenvalue weighted by molar-refractivity contribution is 9.10. The summed E-state index contributed by atoms with van der Waals surface area (Å²) < 4.78 is 27.3. The maximum Gasteiger partial charge on any atom is 0.233 e. The SMILES string of the molecule is O=S(=O)(CCN1CCNCC1)Nc1ccc(Cl)c(Br)c1. The van der Waals surface area contributed by atoms with Gasteiger partial charge in [0.05, 0.1) is 10.8 Å². The minimum Gasteiger partial charge on any atom is -0.314 e. The highest BCUT2D eigenvalue weighted by atomic mass is 79.9. The Morgan fingerprint density at radius 1 is 1.35 bits per heavy atom. The van der Waals surface area contributed by atoms with Gasteiger partial charge in [0.1, 0.15) is 0 Å². The van der Waals surface area contributed by atoms with Gasteiger partial charge in [0.15, 0.2) is 0 Å². The summed E-state index contributed by atoms with van der Waals surface area (Å²) >= 11 is 9.15. The molecule has 1 saturated heterocycles. The van der Waals surface area contributed by atoms with Crippen molar-refractivity contribution in [2.45, 2.75) is 0 Å². The molecule has 1 fully saturated rings. The normalized spacial score (nSPS) is 17.1. The number of hydrogen-bond acceptors (Lipinski definition) is 4. The van der Waals surface area contributed by atoms with E-state index in [9.17, 15) is 8.42 Å². The fourth-order valence-electron chi connectivity index (χ4n) is 1.97. The molecule has 1 aliphatic rings. The summed E-state index contributed by atoms with van der Waals surface area (Å²) in [4.78, 5) is 2.15. The molecule has 0 radical (unpaired) electrons. The highest BCUT2D eigenvalue weighted by Crippen LogP contribution is 2.26. The van der Waals surface area contributed by atoms with Crippen LogP contribution in [0.4, 0.5) is 5.69 Å². The first-order chi connectivity index (χ1) is 9.46. The van der Waals surface area contributed by atoms with Crippen LogP contribution in [0.5, 0.6) is 0 Å². The summed E-state index contributed by atoms with van der Waals surface area (Å²) in [6.45, 7) is 4.16. The van der Waals surface area contributed by atoms with E-state index in [1.807, 2.05) is 0 Å². The van der Waals surface area contributed by atoms with Crippen molar-refractivity contribution in [3.63, 3.8) is 0 Å². The second kappa shape index (κ2) is 7.09. The van der Waals surface area contributed by atoms with Crippen molar-refractivity contribution in [3.8, 4) is 0 Å². The predicted molar refractivity (Wildman–Crippen MR) is 85.9 cm³/mol. The molecule has 20 heavy (non-hydrogen) atoms. The van der Waals surface area contributed by atoms with Gasteiger partial charge in [-0.05, 0) is 34.1 Å². The van der Waals surface area contributed by atoms with Gasteiger partial charge in [-0.15, -0.1) is 0 Å². The van der Waals surface area contributed by atoms with Gasteiger partial charge < -0.3 is 5.32 Å². The number of anilines is 1. The summed E-state index contributed by atoms with van der Waals surface area (Å²) in [5, 5.41) is 3.79. The summed E-state index contributed by atoms with van der Waals surface area (Å²) in [7, 11) is -3.34. The van der Waals surface area contributed by atoms with Crippen molar-refractivity contribution in [1.82, 2.24) is 10.2 Å². The molecule has 0 amide bonds. The quantitative estimate of drug-likeness (QED) is 0.814. The largest absolute Gasteiger partial charge is 0.314 e. The number of hydrogen-bond donors (Lipinski definition) is 2. The van der Waals surface area contributed by atoms with Gasteiger partial charge in [0.25, 0.3) is 0 Å². The van der Waals surface area contributed by atoms with Crippen LogP contribution in [0.25, 0.3) is 0 Å². The average Bonchev–Trinajstić information content (AvgIpc) is 2.42. The Morgan fingerprint density at radius 2 is 2.05 bits per heavy atom. The smallest absolute Gasteiger partial charge is 0.233 e. The second-order valence-corrected chi connectivity index (χ2v) is 7.74. The third-order valence-corrected chi connectivity index (χ3v) is 5.56. The van der Waals surface area contributed by atoms with Crippen molar-refractivity contribution in [2.75, 3.05) is 43.2 Å². The Labute approximate surface area is 132 Å². The standard InChI is InChI=1S/C12H17BrClN3O2S/c13-11-9-10(1-2-12(11)14)16-20(18,19)8-7-17-5-3-15-4-6-17/h1-2,9,15-16H,3-8H2. The highest BCUT2D eigenvalue weighted by Gasteiger charge is 2.15. The summed E-state index contributed by atoms with van der Waals surface area (Å²) in [5.74, 6) is 0.0905. The monoisotopic (exact) mass is 381 g/mol. The molecular weight excluding hydrogens is 366 g/mol. The van der Waals surface area contributed by atoms with Crippen LogP contribution < -0.4 is 10.0 Å². The molecule has 2 rings (SSSR count). The van der Waals surface area contributed by atoms with Gasteiger partial charge in [-0.25, -0.2) is 8.42 Å². The van der Waals surface area contributed by atoms with Crippen molar-refractivity contribution >= 4 is 43.2 Å². The third kappa shape index (κ3) is 4.89. The van der Waals surface area contributed by atoms with Crippen molar-refractivity contribution in [1.29, 1.82) is 0 Å². The van der Waals surface area contributed by atoms with Gasteiger partial charge in [0, 0.05) is 42.9 Å². The lowest BCUT2D eigenvalue weighted by Gasteiger charge is -2.26. The van der Waals surface area contributed by atoms with Gasteiger partial charge in [-0.1, -0.05) is 11.6 Å². The van der Waals surface area contributed by atoms with Crippen LogP contribution in [0.2, 0.25) is 5.02 Å². The number of nitrogens with one attached hydrogen (secondary N) is 2. The van der Waals surface area contributed by atoms with Crippen LogP contribution in [0.1, 0.15) is 0 Å². The molecule has 1 aliphatic heterocycles.